The molecule has 0 spiro atoms. The van der Waals surface area contributed by atoms with Crippen molar-refractivity contribution in [3.05, 3.63) is 43.1 Å². The summed E-state index contributed by atoms with van der Waals surface area (Å²) >= 11 is 3.56. The number of fused-ring (bicyclic) bond motifs is 2. The molecule has 1 aromatic heterocycles. The average molecular weight is 292 g/mol. The predicted molar refractivity (Wildman–Crippen MR) is 73.8 cm³/mol. The minimum atomic E-state index is 0.226. The molecular formula is C14H14BrNO. The highest BCUT2D eigenvalue weighted by molar-refractivity contribution is 9.10. The molecule has 0 saturated carbocycles. The molecule has 17 heavy (non-hydrogen) atoms. The molecule has 1 aliphatic rings. The van der Waals surface area contributed by atoms with Crippen molar-refractivity contribution >= 4 is 26.8 Å². The second-order valence-electron chi connectivity index (χ2n) is 4.82. The summed E-state index contributed by atoms with van der Waals surface area (Å²) in [5, 5.41) is 0.850. The molecule has 0 radical (unpaired) electrons. The normalized spacial score (nSPS) is 14.3. The number of H-pyrrole nitrogens is 1. The van der Waals surface area contributed by atoms with Crippen molar-refractivity contribution in [3.63, 3.8) is 0 Å². The molecule has 2 nitrogen and oxygen atoms in total. The predicted octanol–water partition coefficient (Wildman–Crippen LogP) is 3.40. The van der Waals surface area contributed by atoms with Gasteiger partial charge in [-0.25, -0.2) is 0 Å². The summed E-state index contributed by atoms with van der Waals surface area (Å²) in [5.41, 5.74) is 5.57. The zero-order chi connectivity index (χ0) is 12.2. The molecule has 1 heterocycles. The van der Waals surface area contributed by atoms with Gasteiger partial charge in [-0.3, -0.25) is 4.79 Å². The van der Waals surface area contributed by atoms with E-state index in [4.69, 9.17) is 0 Å². The molecule has 0 bridgehead atoms. The maximum absolute atomic E-state index is 12.5. The second kappa shape index (κ2) is 3.70. The van der Waals surface area contributed by atoms with Crippen LogP contribution in [0.5, 0.6) is 0 Å². The van der Waals surface area contributed by atoms with Crippen LogP contribution in [0.4, 0.5) is 0 Å². The summed E-state index contributed by atoms with van der Waals surface area (Å²) < 4.78 is 1.05. The van der Waals surface area contributed by atoms with Crippen molar-refractivity contribution in [2.75, 3.05) is 0 Å². The topological polar surface area (TPSA) is 32.9 Å². The summed E-state index contributed by atoms with van der Waals surface area (Å²) in [5.74, 6) is 0. The molecule has 0 amide bonds. The van der Waals surface area contributed by atoms with Crippen LogP contribution in [0.1, 0.15) is 28.8 Å². The zero-order valence-corrected chi connectivity index (χ0v) is 11.6. The molecular weight excluding hydrogens is 278 g/mol. The van der Waals surface area contributed by atoms with Gasteiger partial charge in [-0.2, -0.15) is 0 Å². The van der Waals surface area contributed by atoms with Gasteiger partial charge in [0.2, 0.25) is 0 Å². The number of aryl methyl sites for hydroxylation is 3. The molecule has 0 saturated heterocycles. The molecule has 2 aromatic rings. The highest BCUT2D eigenvalue weighted by Gasteiger charge is 2.19. The Morgan fingerprint density at radius 3 is 2.82 bits per heavy atom. The summed E-state index contributed by atoms with van der Waals surface area (Å²) in [7, 11) is 0. The number of hydrogen-bond acceptors (Lipinski definition) is 1. The SMILES string of the molecule is Cc1cc2[nH]c3c(c(=O)c2c(C)c1Br)CCC3. The van der Waals surface area contributed by atoms with E-state index < -0.39 is 0 Å². The van der Waals surface area contributed by atoms with E-state index in [-0.39, 0.29) is 5.43 Å². The van der Waals surface area contributed by atoms with Gasteiger partial charge in [-0.1, -0.05) is 15.9 Å². The first-order chi connectivity index (χ1) is 8.09. The largest absolute Gasteiger partial charge is 0.358 e. The van der Waals surface area contributed by atoms with Crippen LogP contribution in [0, 0.1) is 13.8 Å². The Morgan fingerprint density at radius 1 is 1.29 bits per heavy atom. The first kappa shape index (κ1) is 11.0. The Balaban J connectivity index is 2.53. The van der Waals surface area contributed by atoms with Crippen LogP contribution < -0.4 is 5.43 Å². The first-order valence-corrected chi connectivity index (χ1v) is 6.72. The fraction of sp³-hybridized carbons (Fsp3) is 0.357. The van der Waals surface area contributed by atoms with E-state index in [1.165, 1.54) is 5.56 Å². The lowest BCUT2D eigenvalue weighted by molar-refractivity contribution is 0.900. The number of rotatable bonds is 0. The van der Waals surface area contributed by atoms with Crippen molar-refractivity contribution in [1.29, 1.82) is 0 Å². The Bertz CT molecular complexity index is 685. The quantitative estimate of drug-likeness (QED) is 0.793. The first-order valence-electron chi connectivity index (χ1n) is 5.93. The Labute approximate surface area is 108 Å². The lowest BCUT2D eigenvalue weighted by atomic mass is 10.0. The van der Waals surface area contributed by atoms with Crippen molar-refractivity contribution in [1.82, 2.24) is 4.98 Å². The molecule has 88 valence electrons. The number of pyridine rings is 1. The Morgan fingerprint density at radius 2 is 2.06 bits per heavy atom. The van der Waals surface area contributed by atoms with Crippen molar-refractivity contribution in [2.24, 2.45) is 0 Å². The number of aromatic nitrogens is 1. The third-order valence-corrected chi connectivity index (χ3v) is 4.91. The van der Waals surface area contributed by atoms with Crippen LogP contribution in [0.3, 0.4) is 0 Å². The summed E-state index contributed by atoms with van der Waals surface area (Å²) in [4.78, 5) is 15.9. The third-order valence-electron chi connectivity index (χ3n) is 3.69. The van der Waals surface area contributed by atoms with Gasteiger partial charge in [-0.15, -0.1) is 0 Å². The number of benzene rings is 1. The molecule has 1 aromatic carbocycles. The van der Waals surface area contributed by atoms with Crippen LogP contribution in [-0.4, -0.2) is 4.98 Å². The van der Waals surface area contributed by atoms with Gasteiger partial charge in [0.1, 0.15) is 0 Å². The van der Waals surface area contributed by atoms with Crippen molar-refractivity contribution in [3.8, 4) is 0 Å². The van der Waals surface area contributed by atoms with Gasteiger partial charge in [-0.05, 0) is 50.3 Å². The van der Waals surface area contributed by atoms with Gasteiger partial charge in [0, 0.05) is 21.1 Å². The Kier molecular flexibility index (Phi) is 2.40. The van der Waals surface area contributed by atoms with Gasteiger partial charge < -0.3 is 4.98 Å². The van der Waals surface area contributed by atoms with Gasteiger partial charge >= 0.3 is 0 Å². The molecule has 1 aliphatic carbocycles. The number of hydrogen-bond donors (Lipinski definition) is 1. The molecule has 0 aliphatic heterocycles. The summed E-state index contributed by atoms with van der Waals surface area (Å²) in [6, 6.07) is 2.06. The molecule has 0 atom stereocenters. The number of nitrogens with one attached hydrogen (secondary N) is 1. The molecule has 0 unspecified atom stereocenters. The lowest BCUT2D eigenvalue weighted by Crippen LogP contribution is -2.12. The molecule has 0 fully saturated rings. The zero-order valence-electron chi connectivity index (χ0n) is 9.98. The second-order valence-corrected chi connectivity index (χ2v) is 5.61. The van der Waals surface area contributed by atoms with E-state index in [0.29, 0.717) is 0 Å². The maximum Gasteiger partial charge on any atom is 0.193 e. The number of halogens is 1. The van der Waals surface area contributed by atoms with Crippen LogP contribution in [0.25, 0.3) is 10.9 Å². The van der Waals surface area contributed by atoms with E-state index in [1.54, 1.807) is 0 Å². The van der Waals surface area contributed by atoms with E-state index in [2.05, 4.69) is 33.9 Å². The van der Waals surface area contributed by atoms with E-state index in [1.807, 2.05) is 6.92 Å². The van der Waals surface area contributed by atoms with Gasteiger partial charge in [0.05, 0.1) is 5.52 Å². The van der Waals surface area contributed by atoms with Gasteiger partial charge in [0.25, 0.3) is 0 Å². The fourth-order valence-electron chi connectivity index (χ4n) is 2.80. The van der Waals surface area contributed by atoms with Crippen LogP contribution >= 0.6 is 15.9 Å². The van der Waals surface area contributed by atoms with Crippen molar-refractivity contribution < 1.29 is 0 Å². The molecule has 3 heteroatoms. The monoisotopic (exact) mass is 291 g/mol. The van der Waals surface area contributed by atoms with Crippen molar-refractivity contribution in [2.45, 2.75) is 33.1 Å². The summed E-state index contributed by atoms with van der Waals surface area (Å²) in [6.45, 7) is 4.07. The number of aromatic amines is 1. The van der Waals surface area contributed by atoms with E-state index >= 15 is 0 Å². The minimum Gasteiger partial charge on any atom is -0.358 e. The van der Waals surface area contributed by atoms with Gasteiger partial charge in [0.15, 0.2) is 5.43 Å². The smallest absolute Gasteiger partial charge is 0.193 e. The van der Waals surface area contributed by atoms with E-state index in [0.717, 1.165) is 51.5 Å². The fourth-order valence-corrected chi connectivity index (χ4v) is 3.11. The summed E-state index contributed by atoms with van der Waals surface area (Å²) in [6.07, 6.45) is 3.02. The standard InChI is InChI=1S/C14H14BrNO/c1-7-6-11-12(8(2)13(7)15)14(17)9-4-3-5-10(9)16-11/h6H,3-5H2,1-2H3,(H,16,17). The lowest BCUT2D eigenvalue weighted by Gasteiger charge is -2.10. The van der Waals surface area contributed by atoms with Crippen LogP contribution in [0.15, 0.2) is 15.3 Å². The Hall–Kier alpha value is -1.09. The minimum absolute atomic E-state index is 0.226. The third kappa shape index (κ3) is 1.48. The highest BCUT2D eigenvalue weighted by Crippen LogP contribution is 2.28. The van der Waals surface area contributed by atoms with E-state index in [9.17, 15) is 4.79 Å². The maximum atomic E-state index is 12.5. The van der Waals surface area contributed by atoms with Crippen LogP contribution in [-0.2, 0) is 12.8 Å². The average Bonchev–Trinajstić information content (AvgIpc) is 2.74. The molecule has 3 rings (SSSR count). The molecule has 1 N–H and O–H groups in total. The van der Waals surface area contributed by atoms with Crippen LogP contribution in [0.2, 0.25) is 0 Å². The highest BCUT2D eigenvalue weighted by atomic mass is 79.9.